The maximum absolute atomic E-state index is 5.49. The van der Waals surface area contributed by atoms with Gasteiger partial charge in [-0.1, -0.05) is 202 Å². The van der Waals surface area contributed by atoms with Gasteiger partial charge in [0.05, 0.1) is 27.8 Å². The van der Waals surface area contributed by atoms with E-state index in [1.807, 2.05) is 18.2 Å². The van der Waals surface area contributed by atoms with E-state index in [9.17, 15) is 0 Å². The molecule has 0 unspecified atom stereocenters. The van der Waals surface area contributed by atoms with Crippen molar-refractivity contribution in [1.82, 2.24) is 24.1 Å². The Kier molecular flexibility index (Phi) is 8.56. The van der Waals surface area contributed by atoms with Crippen LogP contribution in [0.2, 0.25) is 0 Å². The van der Waals surface area contributed by atoms with E-state index in [4.69, 9.17) is 15.0 Å². The number of rotatable bonds is 6. The fourth-order valence-electron chi connectivity index (χ4n) is 11.3. The SMILES string of the molecule is CC1(C)c2ccccc2-c2cc(-c3ccc4ccccc4c3)cc(-n3c4ccccc4c4ccc5c6ccccc6n(-c6nc(-c7ccccc7)nc(-c7cccc(-c8ccccc8)c7)n6)c5c43)c21. The second-order valence-corrected chi connectivity index (χ2v) is 18.8. The Morgan fingerprint density at radius 1 is 0.348 bits per heavy atom. The largest absolute Gasteiger partial charge is 0.307 e. The summed E-state index contributed by atoms with van der Waals surface area (Å²) >= 11 is 0. The minimum absolute atomic E-state index is 0.302. The van der Waals surface area contributed by atoms with Crippen molar-refractivity contribution in [2.75, 3.05) is 0 Å². The molecule has 1 aliphatic carbocycles. The highest BCUT2D eigenvalue weighted by Crippen LogP contribution is 2.54. The van der Waals surface area contributed by atoms with Crippen molar-refractivity contribution in [2.24, 2.45) is 0 Å². The predicted octanol–water partition coefficient (Wildman–Crippen LogP) is 16.2. The van der Waals surface area contributed by atoms with Gasteiger partial charge >= 0.3 is 0 Å². The summed E-state index contributed by atoms with van der Waals surface area (Å²) in [5.41, 5.74) is 16.8. The van der Waals surface area contributed by atoms with Crippen LogP contribution >= 0.6 is 0 Å². The summed E-state index contributed by atoms with van der Waals surface area (Å²) in [6.45, 7) is 4.78. The Bertz CT molecular complexity index is 4220. The van der Waals surface area contributed by atoms with Crippen LogP contribution in [0.15, 0.2) is 224 Å². The summed E-state index contributed by atoms with van der Waals surface area (Å²) in [4.78, 5) is 16.2. The van der Waals surface area contributed by atoms with E-state index >= 15 is 0 Å². The van der Waals surface area contributed by atoms with E-state index in [-0.39, 0.29) is 5.41 Å². The van der Waals surface area contributed by atoms with Gasteiger partial charge in [0.15, 0.2) is 11.6 Å². The van der Waals surface area contributed by atoms with Crippen molar-refractivity contribution >= 4 is 54.4 Å². The molecule has 0 atom stereocenters. The monoisotopic (exact) mass is 881 g/mol. The van der Waals surface area contributed by atoms with Gasteiger partial charge in [-0.2, -0.15) is 9.97 Å². The molecular weight excluding hydrogens is 839 g/mol. The first-order valence-corrected chi connectivity index (χ1v) is 23.7. The predicted molar refractivity (Wildman–Crippen MR) is 285 cm³/mol. The smallest absolute Gasteiger partial charge is 0.238 e. The number of hydrogen-bond donors (Lipinski definition) is 0. The molecule has 0 N–H and O–H groups in total. The highest BCUT2D eigenvalue weighted by molar-refractivity contribution is 6.24. The summed E-state index contributed by atoms with van der Waals surface area (Å²) < 4.78 is 4.86. The van der Waals surface area contributed by atoms with Crippen molar-refractivity contribution in [1.29, 1.82) is 0 Å². The molecule has 0 saturated heterocycles. The van der Waals surface area contributed by atoms with Crippen LogP contribution < -0.4 is 0 Å². The standard InChI is InChI=1S/C64H43N5/c1-64(2)54-29-14-11-26-48(54)53-38-47(45-33-32-41-20-9-10-23-43(41)36-45)39-57(58(53)64)68-55-30-15-12-27-49(55)51-34-35-52-50-28-13-16-31-56(50)69(60(52)59(51)68)63-66-61(42-21-7-4-8-22-42)65-62(67-63)46-25-17-24-44(37-46)40-18-5-3-6-19-40/h3-39H,1-2H3. The summed E-state index contributed by atoms with van der Waals surface area (Å²) in [6.07, 6.45) is 0. The third-order valence-electron chi connectivity index (χ3n) is 14.5. The zero-order chi connectivity index (χ0) is 45.8. The molecule has 0 bridgehead atoms. The Morgan fingerprint density at radius 3 is 1.67 bits per heavy atom. The fourth-order valence-corrected chi connectivity index (χ4v) is 11.3. The van der Waals surface area contributed by atoms with E-state index in [0.717, 1.165) is 66.2 Å². The van der Waals surface area contributed by atoms with Gasteiger partial charge in [0.1, 0.15) is 0 Å². The van der Waals surface area contributed by atoms with Crippen LogP contribution in [0.3, 0.4) is 0 Å². The number of benzene rings is 10. The van der Waals surface area contributed by atoms with E-state index in [2.05, 4.69) is 229 Å². The first-order chi connectivity index (χ1) is 34.0. The molecule has 324 valence electrons. The molecule has 0 aliphatic heterocycles. The highest BCUT2D eigenvalue weighted by Gasteiger charge is 2.39. The van der Waals surface area contributed by atoms with E-state index in [1.165, 1.54) is 49.5 Å². The lowest BCUT2D eigenvalue weighted by molar-refractivity contribution is 0.657. The number of nitrogens with zero attached hydrogens (tertiary/aromatic N) is 5. The van der Waals surface area contributed by atoms with Crippen LogP contribution in [0.1, 0.15) is 25.0 Å². The molecule has 0 fully saturated rings. The van der Waals surface area contributed by atoms with Crippen LogP contribution in [0.4, 0.5) is 0 Å². The molecule has 10 aromatic carbocycles. The zero-order valence-electron chi connectivity index (χ0n) is 38.1. The lowest BCUT2D eigenvalue weighted by atomic mass is 9.81. The van der Waals surface area contributed by atoms with Gasteiger partial charge in [0, 0.05) is 38.1 Å². The number of fused-ring (bicyclic) bond motifs is 11. The van der Waals surface area contributed by atoms with Gasteiger partial charge in [-0.15, -0.1) is 0 Å². The summed E-state index contributed by atoms with van der Waals surface area (Å²) in [5.74, 6) is 1.78. The maximum Gasteiger partial charge on any atom is 0.238 e. The van der Waals surface area contributed by atoms with Crippen molar-refractivity contribution in [3.8, 4) is 67.8 Å². The topological polar surface area (TPSA) is 48.5 Å². The summed E-state index contributed by atoms with van der Waals surface area (Å²) in [7, 11) is 0. The van der Waals surface area contributed by atoms with Crippen LogP contribution in [0.25, 0.3) is 122 Å². The summed E-state index contributed by atoms with van der Waals surface area (Å²) in [5, 5.41) is 7.05. The first-order valence-electron chi connectivity index (χ1n) is 23.7. The van der Waals surface area contributed by atoms with Crippen LogP contribution in [-0.2, 0) is 5.41 Å². The molecule has 69 heavy (non-hydrogen) atoms. The quantitative estimate of drug-likeness (QED) is 0.167. The Morgan fingerprint density at radius 2 is 0.913 bits per heavy atom. The van der Waals surface area contributed by atoms with Gasteiger partial charge < -0.3 is 4.57 Å². The van der Waals surface area contributed by atoms with Crippen LogP contribution in [0, 0.1) is 0 Å². The number of hydrogen-bond acceptors (Lipinski definition) is 3. The molecule has 13 aromatic rings. The maximum atomic E-state index is 5.49. The third kappa shape index (κ3) is 6.00. The van der Waals surface area contributed by atoms with Crippen molar-refractivity contribution in [3.05, 3.63) is 236 Å². The van der Waals surface area contributed by atoms with Crippen molar-refractivity contribution in [2.45, 2.75) is 19.3 Å². The molecule has 14 rings (SSSR count). The average Bonchev–Trinajstić information content (AvgIpc) is 4.02. The van der Waals surface area contributed by atoms with Gasteiger partial charge in [0.25, 0.3) is 0 Å². The van der Waals surface area contributed by atoms with E-state index < -0.39 is 0 Å². The van der Waals surface area contributed by atoms with Crippen molar-refractivity contribution < 1.29 is 0 Å². The normalized spacial score (nSPS) is 12.9. The molecule has 5 heteroatoms. The van der Waals surface area contributed by atoms with E-state index in [0.29, 0.717) is 17.6 Å². The molecule has 3 aromatic heterocycles. The minimum atomic E-state index is -0.302. The molecule has 0 saturated carbocycles. The molecule has 5 nitrogen and oxygen atoms in total. The number of aromatic nitrogens is 5. The molecule has 1 aliphatic rings. The third-order valence-corrected chi connectivity index (χ3v) is 14.5. The first kappa shape index (κ1) is 39.3. The Hall–Kier alpha value is -8.93. The number of para-hydroxylation sites is 2. The molecule has 0 radical (unpaired) electrons. The van der Waals surface area contributed by atoms with Gasteiger partial charge in [-0.05, 0) is 91.7 Å². The molecule has 0 spiro atoms. The van der Waals surface area contributed by atoms with Gasteiger partial charge in [0.2, 0.25) is 5.95 Å². The second-order valence-electron chi connectivity index (χ2n) is 18.8. The minimum Gasteiger partial charge on any atom is -0.307 e. The highest BCUT2D eigenvalue weighted by atomic mass is 15.2. The average molecular weight is 882 g/mol. The van der Waals surface area contributed by atoms with Gasteiger partial charge in [-0.3, -0.25) is 4.57 Å². The second kappa shape index (κ2) is 15.0. The lowest BCUT2D eigenvalue weighted by Gasteiger charge is -2.26. The molecular formula is C64H43N5. The molecule has 0 amide bonds. The zero-order valence-corrected chi connectivity index (χ0v) is 38.1. The van der Waals surface area contributed by atoms with Crippen molar-refractivity contribution in [3.63, 3.8) is 0 Å². The van der Waals surface area contributed by atoms with E-state index in [1.54, 1.807) is 0 Å². The van der Waals surface area contributed by atoms with Crippen LogP contribution in [0.5, 0.6) is 0 Å². The summed E-state index contributed by atoms with van der Waals surface area (Å²) in [6, 6.07) is 80.9. The Labute approximate surface area is 399 Å². The fraction of sp³-hybridized carbons (Fsp3) is 0.0469. The lowest BCUT2D eigenvalue weighted by Crippen LogP contribution is -2.18. The Balaban J connectivity index is 1.12. The van der Waals surface area contributed by atoms with Crippen LogP contribution in [-0.4, -0.2) is 24.1 Å². The van der Waals surface area contributed by atoms with Gasteiger partial charge in [-0.25, -0.2) is 4.98 Å². The molecule has 3 heterocycles.